The number of fused-ring (bicyclic) bond motifs is 1. The summed E-state index contributed by atoms with van der Waals surface area (Å²) in [6.45, 7) is 10.2. The van der Waals surface area contributed by atoms with Crippen LogP contribution in [0.25, 0.3) is 10.8 Å². The number of hydrogen-bond acceptors (Lipinski definition) is 2. The Morgan fingerprint density at radius 2 is 2.00 bits per heavy atom. The van der Waals surface area contributed by atoms with Gasteiger partial charge in [-0.2, -0.15) is 0 Å². The summed E-state index contributed by atoms with van der Waals surface area (Å²) in [6.07, 6.45) is 3.00. The van der Waals surface area contributed by atoms with Crippen LogP contribution in [-0.2, 0) is 0 Å². The smallest absolute Gasteiger partial charge is 0.137 e. The first-order valence-corrected chi connectivity index (χ1v) is 7.54. The molecule has 0 saturated carbocycles. The molecule has 0 fully saturated rings. The Kier molecular flexibility index (Phi) is 4.56. The molecule has 2 aromatic carbocycles. The third-order valence-corrected chi connectivity index (χ3v) is 3.69. The van der Waals surface area contributed by atoms with Crippen LogP contribution in [0.2, 0.25) is 0 Å². The molecule has 1 N–H and O–H groups in total. The molecule has 0 unspecified atom stereocenters. The van der Waals surface area contributed by atoms with E-state index in [0.29, 0.717) is 11.7 Å². The van der Waals surface area contributed by atoms with Gasteiger partial charge in [-0.25, -0.2) is 0 Å². The van der Waals surface area contributed by atoms with E-state index >= 15 is 0 Å². The van der Waals surface area contributed by atoms with Crippen molar-refractivity contribution in [1.29, 1.82) is 0 Å². The van der Waals surface area contributed by atoms with Gasteiger partial charge in [0.25, 0.3) is 0 Å². The second kappa shape index (κ2) is 6.21. The van der Waals surface area contributed by atoms with Gasteiger partial charge in [-0.1, -0.05) is 32.9 Å². The number of aryl methyl sites for hydroxylation is 1. The summed E-state index contributed by atoms with van der Waals surface area (Å²) in [5.74, 6) is 2.35. The maximum Gasteiger partial charge on any atom is 0.137 e. The number of phenolic OH excluding ortho intramolecular Hbond substituents is 1. The highest BCUT2D eigenvalue weighted by Gasteiger charge is 2.12. The third-order valence-electron chi connectivity index (χ3n) is 3.69. The monoisotopic (exact) mass is 284 g/mol. The van der Waals surface area contributed by atoms with Crippen molar-refractivity contribution < 1.29 is 9.84 Å². The molecule has 0 aliphatic carbocycles. The van der Waals surface area contributed by atoms with Crippen LogP contribution in [0.1, 0.15) is 51.2 Å². The van der Waals surface area contributed by atoms with Crippen LogP contribution in [0, 0.1) is 6.92 Å². The van der Waals surface area contributed by atoms with E-state index in [2.05, 4.69) is 45.0 Å². The van der Waals surface area contributed by atoms with Crippen LogP contribution in [0.5, 0.6) is 11.5 Å². The molecule has 0 aromatic heterocycles. The first-order chi connectivity index (χ1) is 9.93. The molecule has 21 heavy (non-hydrogen) atoms. The van der Waals surface area contributed by atoms with Gasteiger partial charge in [-0.15, -0.1) is 0 Å². The van der Waals surface area contributed by atoms with Crippen molar-refractivity contribution in [3.63, 3.8) is 0 Å². The fraction of sp³-hybridized carbons (Fsp3) is 0.368. The van der Waals surface area contributed by atoms with E-state index in [1.54, 1.807) is 0 Å². The lowest BCUT2D eigenvalue weighted by Gasteiger charge is -2.15. The standard InChI is InChI=1S/C19H24O2/c1-6-7-14(5)21-19-13(4)8-9-15-10-16(12(2)3)18(20)11-17(15)19/h7-12,20H,6H2,1-5H3/b14-7-. The summed E-state index contributed by atoms with van der Waals surface area (Å²) in [5.41, 5.74) is 2.04. The zero-order chi connectivity index (χ0) is 15.6. The van der Waals surface area contributed by atoms with Crippen molar-refractivity contribution in [3.8, 4) is 11.5 Å². The highest BCUT2D eigenvalue weighted by atomic mass is 16.5. The SMILES string of the molecule is CC/C=C(/C)Oc1c(C)ccc2cc(C(C)C)c(O)cc12. The normalized spacial score (nSPS) is 12.2. The van der Waals surface area contributed by atoms with E-state index in [1.165, 1.54) is 0 Å². The molecular formula is C19H24O2. The fourth-order valence-electron chi connectivity index (χ4n) is 2.55. The Balaban J connectivity index is 2.62. The molecule has 0 aliphatic rings. The van der Waals surface area contributed by atoms with Gasteiger partial charge in [0.1, 0.15) is 11.5 Å². The highest BCUT2D eigenvalue weighted by molar-refractivity contribution is 5.91. The molecule has 0 atom stereocenters. The first-order valence-electron chi connectivity index (χ1n) is 7.54. The summed E-state index contributed by atoms with van der Waals surface area (Å²) >= 11 is 0. The average Bonchev–Trinajstić information content (AvgIpc) is 2.42. The van der Waals surface area contributed by atoms with Crippen molar-refractivity contribution in [2.45, 2.75) is 47.0 Å². The van der Waals surface area contributed by atoms with Gasteiger partial charge >= 0.3 is 0 Å². The topological polar surface area (TPSA) is 29.5 Å². The second-order valence-electron chi connectivity index (χ2n) is 5.82. The van der Waals surface area contributed by atoms with Crippen molar-refractivity contribution in [1.82, 2.24) is 0 Å². The van der Waals surface area contributed by atoms with E-state index < -0.39 is 0 Å². The third kappa shape index (κ3) is 3.21. The Bertz CT molecular complexity index is 682. The Morgan fingerprint density at radius 3 is 2.62 bits per heavy atom. The number of phenols is 1. The van der Waals surface area contributed by atoms with Crippen molar-refractivity contribution in [3.05, 3.63) is 47.2 Å². The molecular weight excluding hydrogens is 260 g/mol. The lowest BCUT2D eigenvalue weighted by molar-refractivity contribution is 0.426. The Labute approximate surface area is 127 Å². The molecule has 0 heterocycles. The maximum absolute atomic E-state index is 10.3. The van der Waals surface area contributed by atoms with Crippen molar-refractivity contribution in [2.24, 2.45) is 0 Å². The zero-order valence-corrected chi connectivity index (χ0v) is 13.5. The van der Waals surface area contributed by atoms with E-state index in [4.69, 9.17) is 4.74 Å². The summed E-state index contributed by atoms with van der Waals surface area (Å²) in [6, 6.07) is 8.03. The first kappa shape index (κ1) is 15.4. The largest absolute Gasteiger partial charge is 0.508 e. The zero-order valence-electron chi connectivity index (χ0n) is 13.5. The number of aromatic hydroxyl groups is 1. The van der Waals surface area contributed by atoms with Gasteiger partial charge in [-0.3, -0.25) is 0 Å². The van der Waals surface area contributed by atoms with Gasteiger partial charge in [0, 0.05) is 5.39 Å². The van der Waals surface area contributed by atoms with Gasteiger partial charge < -0.3 is 9.84 Å². The van der Waals surface area contributed by atoms with Crippen molar-refractivity contribution in [2.75, 3.05) is 0 Å². The van der Waals surface area contributed by atoms with Crippen LogP contribution >= 0.6 is 0 Å². The van der Waals surface area contributed by atoms with Gasteiger partial charge in [-0.05, 0) is 60.9 Å². The number of hydrogen-bond donors (Lipinski definition) is 1. The molecule has 0 saturated heterocycles. The summed E-state index contributed by atoms with van der Waals surface area (Å²) in [5, 5.41) is 12.3. The summed E-state index contributed by atoms with van der Waals surface area (Å²) < 4.78 is 6.00. The molecule has 0 spiro atoms. The minimum atomic E-state index is 0.293. The van der Waals surface area contributed by atoms with Gasteiger partial charge in [0.05, 0.1) is 5.76 Å². The van der Waals surface area contributed by atoms with Crippen LogP contribution in [-0.4, -0.2) is 5.11 Å². The van der Waals surface area contributed by atoms with E-state index in [1.807, 2.05) is 19.9 Å². The predicted octanol–water partition coefficient (Wildman–Crippen LogP) is 5.67. The quantitative estimate of drug-likeness (QED) is 0.733. The molecule has 0 bridgehead atoms. The minimum absolute atomic E-state index is 0.293. The highest BCUT2D eigenvalue weighted by Crippen LogP contribution is 2.37. The Hall–Kier alpha value is -1.96. The number of allylic oxidation sites excluding steroid dienone is 2. The van der Waals surface area contributed by atoms with E-state index in [9.17, 15) is 5.11 Å². The number of benzene rings is 2. The van der Waals surface area contributed by atoms with E-state index in [0.717, 1.165) is 39.8 Å². The van der Waals surface area contributed by atoms with Crippen LogP contribution in [0.3, 0.4) is 0 Å². The predicted molar refractivity (Wildman–Crippen MR) is 89.1 cm³/mol. The molecule has 0 amide bonds. The molecule has 0 aliphatic heterocycles. The average molecular weight is 284 g/mol. The fourth-order valence-corrected chi connectivity index (χ4v) is 2.55. The second-order valence-corrected chi connectivity index (χ2v) is 5.82. The molecule has 2 heteroatoms. The van der Waals surface area contributed by atoms with Crippen molar-refractivity contribution >= 4 is 10.8 Å². The molecule has 2 rings (SSSR count). The van der Waals surface area contributed by atoms with E-state index in [-0.39, 0.29) is 0 Å². The van der Waals surface area contributed by atoms with Crippen LogP contribution in [0.15, 0.2) is 36.1 Å². The summed E-state index contributed by atoms with van der Waals surface area (Å²) in [7, 11) is 0. The number of rotatable bonds is 4. The molecule has 2 aromatic rings. The lowest BCUT2D eigenvalue weighted by Crippen LogP contribution is -1.96. The van der Waals surface area contributed by atoms with Crippen LogP contribution < -0.4 is 4.74 Å². The lowest BCUT2D eigenvalue weighted by atomic mass is 9.96. The minimum Gasteiger partial charge on any atom is -0.508 e. The summed E-state index contributed by atoms with van der Waals surface area (Å²) in [4.78, 5) is 0. The number of ether oxygens (including phenoxy) is 1. The molecule has 0 radical (unpaired) electrons. The van der Waals surface area contributed by atoms with Crippen LogP contribution in [0.4, 0.5) is 0 Å². The Morgan fingerprint density at radius 1 is 1.29 bits per heavy atom. The van der Waals surface area contributed by atoms with Gasteiger partial charge in [0.15, 0.2) is 0 Å². The van der Waals surface area contributed by atoms with Gasteiger partial charge in [0.2, 0.25) is 0 Å². The molecule has 112 valence electrons. The molecule has 2 nitrogen and oxygen atoms in total. The maximum atomic E-state index is 10.3.